The van der Waals surface area contributed by atoms with Gasteiger partial charge in [-0.3, -0.25) is 9.63 Å². The monoisotopic (exact) mass is 477 g/mol. The number of carbonyl (C=O) groups is 1. The third kappa shape index (κ3) is 4.33. The molecule has 3 aromatic carbocycles. The highest BCUT2D eigenvalue weighted by Gasteiger charge is 2.31. The number of aromatic nitrogens is 2. The van der Waals surface area contributed by atoms with Crippen molar-refractivity contribution in [2.24, 2.45) is 7.05 Å². The first-order chi connectivity index (χ1) is 16.9. The van der Waals surface area contributed by atoms with Crippen molar-refractivity contribution in [1.82, 2.24) is 14.6 Å². The fourth-order valence-electron chi connectivity index (χ4n) is 4.16. The van der Waals surface area contributed by atoms with Gasteiger partial charge in [0.25, 0.3) is 5.56 Å². The number of rotatable bonds is 4. The Hall–Kier alpha value is -4.24. The zero-order valence-electron chi connectivity index (χ0n) is 19.3. The largest absolute Gasteiger partial charge is 0.353 e. The Balaban J connectivity index is 0.00000190. The third-order valence-corrected chi connectivity index (χ3v) is 6.07. The maximum absolute atomic E-state index is 15.2. The van der Waals surface area contributed by atoms with Crippen molar-refractivity contribution in [1.29, 1.82) is 0 Å². The molecule has 1 aliphatic rings. The Morgan fingerprint density at radius 1 is 1.14 bits per heavy atom. The van der Waals surface area contributed by atoms with Crippen molar-refractivity contribution in [2.75, 3.05) is 17.2 Å². The van der Waals surface area contributed by atoms with E-state index < -0.39 is 17.4 Å². The Morgan fingerprint density at radius 2 is 1.94 bits per heavy atom. The number of urea groups is 1. The van der Waals surface area contributed by atoms with E-state index in [1.807, 2.05) is 43.3 Å². The lowest BCUT2D eigenvalue weighted by molar-refractivity contribution is -0.0829. The molecule has 1 fully saturated rings. The number of fused-ring (bicyclic) bond motifs is 1. The number of carbonyl (C=O) groups excluding carboxylic acids is 1. The van der Waals surface area contributed by atoms with E-state index in [1.54, 1.807) is 18.2 Å². The number of anilines is 3. The molecule has 5 rings (SSSR count). The Bertz CT molecular complexity index is 1480. The van der Waals surface area contributed by atoms with Crippen LogP contribution < -0.4 is 16.2 Å². The van der Waals surface area contributed by atoms with Gasteiger partial charge in [-0.25, -0.2) is 14.2 Å². The predicted octanol–water partition coefficient (Wildman–Crippen LogP) is 5.53. The maximum Gasteiger partial charge on any atom is 0.346 e. The van der Waals surface area contributed by atoms with E-state index in [9.17, 15) is 9.59 Å². The summed E-state index contributed by atoms with van der Waals surface area (Å²) in [5.74, 6) is -0.679. The molecule has 1 aromatic heterocycles. The van der Waals surface area contributed by atoms with Crippen molar-refractivity contribution in [3.63, 3.8) is 0 Å². The lowest BCUT2D eigenvalue weighted by Gasteiger charge is -2.23. The molecule has 4 aromatic rings. The van der Waals surface area contributed by atoms with Crippen LogP contribution in [0.5, 0.6) is 0 Å². The number of hydrogen-bond acceptors (Lipinski definition) is 5. The second-order valence-corrected chi connectivity index (χ2v) is 8.44. The molecule has 1 aliphatic heterocycles. The standard InChI is InChI=1S/C26H24FN5O3.2H2/c1-16-8-9-18(29-26(34)32-22(12-13-35-32)17-6-4-3-5-7-17)14-21(16)30-20-11-10-19-23(24(20)27)25(33)31(2)15-28-19;;/h3-11,14-15,22,30H,12-13H2,1-2H3,(H,29,34);2*1H/t22-;;/m1../s1. The predicted molar refractivity (Wildman–Crippen MR) is 136 cm³/mol. The van der Waals surface area contributed by atoms with Crippen LogP contribution in [0.2, 0.25) is 0 Å². The van der Waals surface area contributed by atoms with Gasteiger partial charge in [0.15, 0.2) is 5.82 Å². The number of hydrogen-bond donors (Lipinski definition) is 2. The first kappa shape index (κ1) is 22.5. The smallest absolute Gasteiger partial charge is 0.346 e. The second kappa shape index (κ2) is 9.19. The van der Waals surface area contributed by atoms with E-state index in [1.165, 1.54) is 29.1 Å². The van der Waals surface area contributed by atoms with Crippen LogP contribution >= 0.6 is 0 Å². The molecular weight excluding hydrogens is 449 g/mol. The van der Waals surface area contributed by atoms with Gasteiger partial charge in [0.1, 0.15) is 5.39 Å². The first-order valence-electron chi connectivity index (χ1n) is 11.2. The molecule has 0 bridgehead atoms. The average Bonchev–Trinajstić information content (AvgIpc) is 3.36. The minimum atomic E-state index is -0.679. The van der Waals surface area contributed by atoms with Crippen molar-refractivity contribution in [3.8, 4) is 0 Å². The summed E-state index contributed by atoms with van der Waals surface area (Å²) in [6, 6.07) is 17.6. The van der Waals surface area contributed by atoms with Gasteiger partial charge in [0.2, 0.25) is 0 Å². The van der Waals surface area contributed by atoms with Gasteiger partial charge >= 0.3 is 6.03 Å². The fraction of sp³-hybridized carbons (Fsp3) is 0.192. The van der Waals surface area contributed by atoms with Crippen LogP contribution in [0.4, 0.5) is 26.2 Å². The van der Waals surface area contributed by atoms with Crippen molar-refractivity contribution in [3.05, 3.63) is 94.3 Å². The van der Waals surface area contributed by atoms with Gasteiger partial charge < -0.3 is 15.2 Å². The summed E-state index contributed by atoms with van der Waals surface area (Å²) >= 11 is 0. The van der Waals surface area contributed by atoms with Gasteiger partial charge in [0, 0.05) is 27.7 Å². The molecule has 0 unspecified atom stereocenters. The zero-order valence-corrected chi connectivity index (χ0v) is 19.3. The number of nitrogens with zero attached hydrogens (tertiary/aromatic N) is 3. The van der Waals surface area contributed by atoms with Crippen molar-refractivity contribution < 1.29 is 16.9 Å². The van der Waals surface area contributed by atoms with Gasteiger partial charge in [0.05, 0.1) is 30.2 Å². The highest BCUT2D eigenvalue weighted by Crippen LogP contribution is 2.32. The van der Waals surface area contributed by atoms with Crippen LogP contribution in [0, 0.1) is 12.7 Å². The third-order valence-electron chi connectivity index (χ3n) is 6.07. The Labute approximate surface area is 203 Å². The molecule has 1 atom stereocenters. The first-order valence-corrected chi connectivity index (χ1v) is 11.2. The van der Waals surface area contributed by atoms with E-state index in [2.05, 4.69) is 15.6 Å². The quantitative estimate of drug-likeness (QED) is 0.404. The van der Waals surface area contributed by atoms with E-state index in [4.69, 9.17) is 4.84 Å². The van der Waals surface area contributed by atoms with E-state index in [-0.39, 0.29) is 25.5 Å². The molecule has 182 valence electrons. The zero-order chi connectivity index (χ0) is 24.5. The summed E-state index contributed by atoms with van der Waals surface area (Å²) in [5.41, 5.74) is 2.90. The number of nitrogens with one attached hydrogen (secondary N) is 2. The highest BCUT2D eigenvalue weighted by atomic mass is 19.1. The van der Waals surface area contributed by atoms with Crippen LogP contribution in [0.15, 0.2) is 71.8 Å². The van der Waals surface area contributed by atoms with Crippen LogP contribution in [0.3, 0.4) is 0 Å². The fourth-order valence-corrected chi connectivity index (χ4v) is 4.16. The van der Waals surface area contributed by atoms with Crippen LogP contribution in [0.25, 0.3) is 10.9 Å². The van der Waals surface area contributed by atoms with E-state index >= 15 is 4.39 Å². The van der Waals surface area contributed by atoms with Gasteiger partial charge in [-0.1, -0.05) is 36.4 Å². The molecular formula is C26H28FN5O3. The lowest BCUT2D eigenvalue weighted by Crippen LogP contribution is -2.33. The second-order valence-electron chi connectivity index (χ2n) is 8.44. The summed E-state index contributed by atoms with van der Waals surface area (Å²) < 4.78 is 16.5. The van der Waals surface area contributed by atoms with Gasteiger partial charge in [-0.2, -0.15) is 5.06 Å². The molecule has 0 spiro atoms. The maximum atomic E-state index is 15.2. The molecule has 35 heavy (non-hydrogen) atoms. The summed E-state index contributed by atoms with van der Waals surface area (Å²) in [5, 5.41) is 7.18. The number of aryl methyl sites for hydroxylation is 2. The summed E-state index contributed by atoms with van der Waals surface area (Å²) in [6.07, 6.45) is 2.06. The van der Waals surface area contributed by atoms with E-state index in [0.29, 0.717) is 24.4 Å². The van der Waals surface area contributed by atoms with Crippen LogP contribution in [-0.4, -0.2) is 27.3 Å². The molecule has 2 N–H and O–H groups in total. The molecule has 2 heterocycles. The van der Waals surface area contributed by atoms with Crippen molar-refractivity contribution in [2.45, 2.75) is 19.4 Å². The van der Waals surface area contributed by atoms with Crippen molar-refractivity contribution >= 4 is 34.0 Å². The number of hydroxylamine groups is 2. The molecule has 2 amide bonds. The normalized spacial score (nSPS) is 15.4. The topological polar surface area (TPSA) is 88.5 Å². The van der Waals surface area contributed by atoms with Crippen LogP contribution in [-0.2, 0) is 11.9 Å². The lowest BCUT2D eigenvalue weighted by atomic mass is 10.1. The van der Waals surface area contributed by atoms with Gasteiger partial charge in [-0.05, 0) is 42.3 Å². The summed E-state index contributed by atoms with van der Waals surface area (Å²) in [4.78, 5) is 35.1. The summed E-state index contributed by atoms with van der Waals surface area (Å²) in [6.45, 7) is 2.31. The van der Waals surface area contributed by atoms with Crippen LogP contribution in [0.1, 0.15) is 26.4 Å². The average molecular weight is 478 g/mol. The van der Waals surface area contributed by atoms with E-state index in [0.717, 1.165) is 11.1 Å². The molecule has 9 heteroatoms. The molecule has 0 radical (unpaired) electrons. The molecule has 0 aliphatic carbocycles. The minimum Gasteiger partial charge on any atom is -0.353 e. The molecule has 8 nitrogen and oxygen atoms in total. The highest BCUT2D eigenvalue weighted by molar-refractivity contribution is 5.90. The number of benzene rings is 3. The minimum absolute atomic E-state index is 0. The number of amides is 2. The molecule has 1 saturated heterocycles. The Kier molecular flexibility index (Phi) is 5.92. The van der Waals surface area contributed by atoms with Gasteiger partial charge in [-0.15, -0.1) is 0 Å². The SMILES string of the molecule is Cc1ccc(NC(=O)N2OCC[C@@H]2c2ccccc2)cc1Nc1ccc2ncn(C)c(=O)c2c1F.[HH].[HH]. The summed E-state index contributed by atoms with van der Waals surface area (Å²) in [7, 11) is 1.52. The molecule has 0 saturated carbocycles. The number of halogens is 1. The Morgan fingerprint density at radius 3 is 2.74 bits per heavy atom.